The lowest BCUT2D eigenvalue weighted by atomic mass is 10.1. The molecule has 100 valence electrons. The molecule has 0 aliphatic rings. The fourth-order valence-electron chi connectivity index (χ4n) is 1.77. The van der Waals surface area contributed by atoms with Gasteiger partial charge in [-0.05, 0) is 29.7 Å². The highest BCUT2D eigenvalue weighted by atomic mass is 19.1. The maximum Gasteiger partial charge on any atom is 0.152 e. The second-order valence-electron chi connectivity index (χ2n) is 4.38. The zero-order valence-electron chi connectivity index (χ0n) is 10.6. The molecule has 0 radical (unpaired) electrons. The Morgan fingerprint density at radius 1 is 1.00 bits per heavy atom. The van der Waals surface area contributed by atoms with Crippen molar-refractivity contribution in [1.29, 1.82) is 0 Å². The number of anilines is 1. The Kier molecular flexibility index (Phi) is 4.12. The van der Waals surface area contributed by atoms with E-state index in [4.69, 9.17) is 5.11 Å². The third-order valence-electron chi connectivity index (χ3n) is 2.96. The molecule has 2 aromatic carbocycles. The maximum absolute atomic E-state index is 13.7. The van der Waals surface area contributed by atoms with Crippen molar-refractivity contribution in [2.75, 3.05) is 5.32 Å². The summed E-state index contributed by atoms with van der Waals surface area (Å²) < 4.78 is 27.3. The highest BCUT2D eigenvalue weighted by Gasteiger charge is 2.10. The first-order valence-electron chi connectivity index (χ1n) is 5.99. The first-order chi connectivity index (χ1) is 9.11. The Labute approximate surface area is 110 Å². The lowest BCUT2D eigenvalue weighted by Gasteiger charge is -2.10. The van der Waals surface area contributed by atoms with E-state index in [1.54, 1.807) is 19.1 Å². The summed E-state index contributed by atoms with van der Waals surface area (Å²) in [4.78, 5) is 0. The van der Waals surface area contributed by atoms with Crippen molar-refractivity contribution >= 4 is 5.69 Å². The van der Waals surface area contributed by atoms with Crippen molar-refractivity contribution < 1.29 is 13.9 Å². The molecular formula is C15H15F2NO. The van der Waals surface area contributed by atoms with Crippen LogP contribution in [0.4, 0.5) is 14.5 Å². The third-order valence-corrected chi connectivity index (χ3v) is 2.96. The van der Waals surface area contributed by atoms with Gasteiger partial charge in [0.1, 0.15) is 11.5 Å². The summed E-state index contributed by atoms with van der Waals surface area (Å²) in [5, 5.41) is 11.7. The van der Waals surface area contributed by atoms with Crippen LogP contribution in [-0.2, 0) is 13.2 Å². The summed E-state index contributed by atoms with van der Waals surface area (Å²) in [7, 11) is 0. The average Bonchev–Trinajstić information content (AvgIpc) is 2.44. The molecule has 0 aliphatic heterocycles. The van der Waals surface area contributed by atoms with Gasteiger partial charge in [0.05, 0.1) is 6.61 Å². The van der Waals surface area contributed by atoms with Gasteiger partial charge in [-0.1, -0.05) is 30.3 Å². The summed E-state index contributed by atoms with van der Waals surface area (Å²) in [5.41, 5.74) is 1.99. The number of aliphatic hydroxyl groups excluding tert-OH is 1. The van der Waals surface area contributed by atoms with Gasteiger partial charge in [0.25, 0.3) is 0 Å². The lowest BCUT2D eigenvalue weighted by molar-refractivity contribution is 0.282. The fourth-order valence-corrected chi connectivity index (χ4v) is 1.77. The molecule has 0 aliphatic carbocycles. The first kappa shape index (κ1) is 13.5. The van der Waals surface area contributed by atoms with Gasteiger partial charge in [-0.25, -0.2) is 8.78 Å². The monoisotopic (exact) mass is 263 g/mol. The fraction of sp³-hybridized carbons (Fsp3) is 0.200. The Bertz CT molecular complexity index is 567. The summed E-state index contributed by atoms with van der Waals surface area (Å²) >= 11 is 0. The van der Waals surface area contributed by atoms with E-state index in [0.717, 1.165) is 11.1 Å². The molecule has 2 N–H and O–H groups in total. The van der Waals surface area contributed by atoms with Crippen LogP contribution in [0, 0.1) is 18.6 Å². The standard InChI is InChI=1S/C15H15F2NO/c1-10-2-7-13(16)15(14(10)17)18-8-11-3-5-12(9-19)6-4-11/h2-7,18-19H,8-9H2,1H3. The Hall–Kier alpha value is -1.94. The molecule has 0 atom stereocenters. The van der Waals surface area contributed by atoms with Crippen molar-refractivity contribution in [1.82, 2.24) is 0 Å². The molecule has 0 aromatic heterocycles. The SMILES string of the molecule is Cc1ccc(F)c(NCc2ccc(CO)cc2)c1F. The number of hydrogen-bond donors (Lipinski definition) is 2. The molecule has 0 unspecified atom stereocenters. The Morgan fingerprint density at radius 2 is 1.63 bits per heavy atom. The molecule has 2 aromatic rings. The van der Waals surface area contributed by atoms with E-state index in [2.05, 4.69) is 5.32 Å². The molecule has 0 bridgehead atoms. The van der Waals surface area contributed by atoms with Gasteiger partial charge in [0, 0.05) is 6.54 Å². The van der Waals surface area contributed by atoms with Crippen molar-refractivity contribution in [3.63, 3.8) is 0 Å². The number of aliphatic hydroxyl groups is 1. The minimum atomic E-state index is -0.602. The molecule has 0 saturated carbocycles. The minimum absolute atomic E-state index is 0.0190. The topological polar surface area (TPSA) is 32.3 Å². The van der Waals surface area contributed by atoms with E-state index in [1.807, 2.05) is 12.1 Å². The van der Waals surface area contributed by atoms with Crippen LogP contribution in [0.3, 0.4) is 0 Å². The summed E-state index contributed by atoms with van der Waals surface area (Å²) in [5.74, 6) is -1.16. The molecule has 2 nitrogen and oxygen atoms in total. The van der Waals surface area contributed by atoms with Crippen LogP contribution in [0.25, 0.3) is 0 Å². The van der Waals surface area contributed by atoms with Crippen LogP contribution in [0.15, 0.2) is 36.4 Å². The van der Waals surface area contributed by atoms with Crippen LogP contribution < -0.4 is 5.32 Å². The van der Waals surface area contributed by atoms with Crippen molar-refractivity contribution in [3.8, 4) is 0 Å². The minimum Gasteiger partial charge on any atom is -0.392 e. The number of rotatable bonds is 4. The average molecular weight is 263 g/mol. The second-order valence-corrected chi connectivity index (χ2v) is 4.38. The largest absolute Gasteiger partial charge is 0.392 e. The number of nitrogens with one attached hydrogen (secondary N) is 1. The molecule has 0 heterocycles. The van der Waals surface area contributed by atoms with Crippen molar-refractivity contribution in [3.05, 3.63) is 64.7 Å². The number of halogens is 2. The summed E-state index contributed by atoms with van der Waals surface area (Å²) in [6, 6.07) is 9.83. The van der Waals surface area contributed by atoms with Crippen molar-refractivity contribution in [2.24, 2.45) is 0 Å². The Balaban J connectivity index is 2.12. The van der Waals surface area contributed by atoms with Crippen LogP contribution in [0.2, 0.25) is 0 Å². The molecule has 4 heteroatoms. The van der Waals surface area contributed by atoms with E-state index in [1.165, 1.54) is 12.1 Å². The Morgan fingerprint density at radius 3 is 2.26 bits per heavy atom. The van der Waals surface area contributed by atoms with E-state index in [0.29, 0.717) is 12.1 Å². The molecular weight excluding hydrogens is 248 g/mol. The predicted octanol–water partition coefficient (Wildman–Crippen LogP) is 3.38. The highest BCUT2D eigenvalue weighted by Crippen LogP contribution is 2.22. The van der Waals surface area contributed by atoms with E-state index < -0.39 is 11.6 Å². The normalized spacial score (nSPS) is 10.5. The van der Waals surface area contributed by atoms with Gasteiger partial charge in [-0.2, -0.15) is 0 Å². The first-order valence-corrected chi connectivity index (χ1v) is 5.99. The number of hydrogen-bond acceptors (Lipinski definition) is 2. The molecule has 0 saturated heterocycles. The van der Waals surface area contributed by atoms with Crippen LogP contribution in [0.5, 0.6) is 0 Å². The quantitative estimate of drug-likeness (QED) is 0.886. The summed E-state index contributed by atoms with van der Waals surface area (Å²) in [6.07, 6.45) is 0. The zero-order chi connectivity index (χ0) is 13.8. The van der Waals surface area contributed by atoms with Gasteiger partial charge in [-0.15, -0.1) is 0 Å². The molecule has 19 heavy (non-hydrogen) atoms. The van der Waals surface area contributed by atoms with Gasteiger partial charge < -0.3 is 10.4 Å². The summed E-state index contributed by atoms with van der Waals surface area (Å²) in [6.45, 7) is 1.90. The van der Waals surface area contributed by atoms with E-state index in [-0.39, 0.29) is 12.3 Å². The second kappa shape index (κ2) is 5.80. The van der Waals surface area contributed by atoms with Crippen LogP contribution in [-0.4, -0.2) is 5.11 Å². The molecule has 0 amide bonds. The van der Waals surface area contributed by atoms with Gasteiger partial charge >= 0.3 is 0 Å². The smallest absolute Gasteiger partial charge is 0.152 e. The molecule has 2 rings (SSSR count). The van der Waals surface area contributed by atoms with Crippen molar-refractivity contribution in [2.45, 2.75) is 20.1 Å². The van der Waals surface area contributed by atoms with Gasteiger partial charge in [-0.3, -0.25) is 0 Å². The molecule has 0 fully saturated rings. The molecule has 0 spiro atoms. The number of benzene rings is 2. The van der Waals surface area contributed by atoms with Gasteiger partial charge in [0.2, 0.25) is 0 Å². The van der Waals surface area contributed by atoms with Gasteiger partial charge in [0.15, 0.2) is 5.82 Å². The van der Waals surface area contributed by atoms with E-state index >= 15 is 0 Å². The predicted molar refractivity (Wildman–Crippen MR) is 70.8 cm³/mol. The lowest BCUT2D eigenvalue weighted by Crippen LogP contribution is -2.05. The number of aryl methyl sites for hydroxylation is 1. The highest BCUT2D eigenvalue weighted by molar-refractivity contribution is 5.49. The zero-order valence-corrected chi connectivity index (χ0v) is 10.6. The maximum atomic E-state index is 13.7. The van der Waals surface area contributed by atoms with E-state index in [9.17, 15) is 8.78 Å². The third kappa shape index (κ3) is 3.09. The van der Waals surface area contributed by atoms with Crippen LogP contribution >= 0.6 is 0 Å². The van der Waals surface area contributed by atoms with Crippen LogP contribution in [0.1, 0.15) is 16.7 Å².